The highest BCUT2D eigenvalue weighted by Gasteiger charge is 2.14. The number of nitrogens with zero attached hydrogens (tertiary/aromatic N) is 1. The smallest absolute Gasteiger partial charge is 0.418 e. The van der Waals surface area contributed by atoms with Crippen LogP contribution < -0.4 is 10.1 Å². The number of thiazole rings is 1. The van der Waals surface area contributed by atoms with Gasteiger partial charge in [-0.3, -0.25) is 10.1 Å². The van der Waals surface area contributed by atoms with E-state index in [-0.39, 0.29) is 12.4 Å². The Balaban J connectivity index is 1.98. The van der Waals surface area contributed by atoms with E-state index in [1.807, 2.05) is 6.07 Å². The highest BCUT2D eigenvalue weighted by atomic mass is 32.1. The number of esters is 1. The minimum atomic E-state index is -0.625. The first-order chi connectivity index (χ1) is 10.1. The highest BCUT2D eigenvalue weighted by Crippen LogP contribution is 2.23. The third kappa shape index (κ3) is 4.28. The Bertz CT molecular complexity index is 640. The Kier molecular flexibility index (Phi) is 4.89. The number of aryl methyl sites for hydroxylation is 1. The first kappa shape index (κ1) is 15.0. The standard InChI is InChI=1S/C14H14N2O4S/c1-9-11(8-12(17)19-2)21-13(15-9)16-14(18)20-10-6-4-3-5-7-10/h3-7H,8H2,1-2H3,(H,15,16,18). The molecule has 0 atom stereocenters. The lowest BCUT2D eigenvalue weighted by molar-refractivity contribution is -0.139. The SMILES string of the molecule is COC(=O)Cc1sc(NC(=O)Oc2ccccc2)nc1C. The van der Waals surface area contributed by atoms with E-state index in [4.69, 9.17) is 4.74 Å². The van der Waals surface area contributed by atoms with Gasteiger partial charge in [-0.2, -0.15) is 0 Å². The van der Waals surface area contributed by atoms with Gasteiger partial charge in [0.2, 0.25) is 0 Å². The molecule has 2 aromatic rings. The van der Waals surface area contributed by atoms with Crippen molar-refractivity contribution in [1.82, 2.24) is 4.98 Å². The van der Waals surface area contributed by atoms with Crippen LogP contribution in [-0.4, -0.2) is 24.2 Å². The molecule has 0 saturated heterocycles. The minimum Gasteiger partial charge on any atom is -0.469 e. The maximum atomic E-state index is 11.7. The summed E-state index contributed by atoms with van der Waals surface area (Å²) in [6.07, 6.45) is -0.491. The van der Waals surface area contributed by atoms with Gasteiger partial charge in [-0.1, -0.05) is 18.2 Å². The van der Waals surface area contributed by atoms with Gasteiger partial charge >= 0.3 is 12.1 Å². The largest absolute Gasteiger partial charge is 0.469 e. The number of carbonyl (C=O) groups excluding carboxylic acids is 2. The zero-order chi connectivity index (χ0) is 15.2. The molecule has 0 aliphatic heterocycles. The van der Waals surface area contributed by atoms with E-state index in [2.05, 4.69) is 15.0 Å². The van der Waals surface area contributed by atoms with E-state index in [1.165, 1.54) is 18.4 Å². The molecule has 0 aliphatic carbocycles. The van der Waals surface area contributed by atoms with Crippen LogP contribution in [0.1, 0.15) is 10.6 Å². The number of nitrogens with one attached hydrogen (secondary N) is 1. The number of ether oxygens (including phenoxy) is 2. The van der Waals surface area contributed by atoms with Crippen molar-refractivity contribution in [2.75, 3.05) is 12.4 Å². The Morgan fingerprint density at radius 1 is 1.29 bits per heavy atom. The van der Waals surface area contributed by atoms with E-state index >= 15 is 0 Å². The quantitative estimate of drug-likeness (QED) is 0.879. The number of hydrogen-bond acceptors (Lipinski definition) is 6. The Morgan fingerprint density at radius 3 is 2.67 bits per heavy atom. The van der Waals surface area contributed by atoms with Crippen molar-refractivity contribution >= 4 is 28.5 Å². The van der Waals surface area contributed by atoms with E-state index in [0.717, 1.165) is 4.88 Å². The van der Waals surface area contributed by atoms with Crippen molar-refractivity contribution < 1.29 is 19.1 Å². The first-order valence-corrected chi connectivity index (χ1v) is 6.97. The third-order valence-electron chi connectivity index (χ3n) is 2.59. The van der Waals surface area contributed by atoms with Crippen LogP contribution in [0.25, 0.3) is 0 Å². The molecule has 0 saturated carbocycles. The van der Waals surface area contributed by atoms with E-state index < -0.39 is 6.09 Å². The van der Waals surface area contributed by atoms with Crippen LogP contribution >= 0.6 is 11.3 Å². The molecule has 21 heavy (non-hydrogen) atoms. The molecule has 1 amide bonds. The van der Waals surface area contributed by atoms with Gasteiger partial charge in [-0.25, -0.2) is 9.78 Å². The van der Waals surface area contributed by atoms with Crippen LogP contribution in [0.15, 0.2) is 30.3 Å². The second kappa shape index (κ2) is 6.85. The summed E-state index contributed by atoms with van der Waals surface area (Å²) in [5.41, 5.74) is 0.681. The molecule has 1 heterocycles. The first-order valence-electron chi connectivity index (χ1n) is 6.15. The molecule has 0 unspecified atom stereocenters. The normalized spacial score (nSPS) is 10.0. The van der Waals surface area contributed by atoms with Crippen LogP contribution in [0.5, 0.6) is 5.75 Å². The monoisotopic (exact) mass is 306 g/mol. The summed E-state index contributed by atoms with van der Waals surface area (Å²) in [6.45, 7) is 1.77. The molecule has 0 radical (unpaired) electrons. The Labute approximate surface area is 125 Å². The molecule has 7 heteroatoms. The molecule has 0 fully saturated rings. The topological polar surface area (TPSA) is 77.5 Å². The lowest BCUT2D eigenvalue weighted by Crippen LogP contribution is -2.16. The van der Waals surface area contributed by atoms with Crippen LogP contribution in [-0.2, 0) is 16.0 Å². The molecule has 0 aliphatic rings. The van der Waals surface area contributed by atoms with Gasteiger partial charge in [0.05, 0.1) is 19.2 Å². The van der Waals surface area contributed by atoms with Gasteiger partial charge in [0, 0.05) is 4.88 Å². The molecule has 1 N–H and O–H groups in total. The number of aromatic nitrogens is 1. The molecule has 0 bridgehead atoms. The van der Waals surface area contributed by atoms with Crippen molar-refractivity contribution in [1.29, 1.82) is 0 Å². The summed E-state index contributed by atoms with van der Waals surface area (Å²) in [5.74, 6) is 0.0956. The molecule has 110 valence electrons. The maximum absolute atomic E-state index is 11.7. The number of benzene rings is 1. The number of rotatable bonds is 4. The van der Waals surface area contributed by atoms with Crippen LogP contribution in [0.3, 0.4) is 0 Å². The van der Waals surface area contributed by atoms with Crippen LogP contribution in [0.4, 0.5) is 9.93 Å². The van der Waals surface area contributed by atoms with Gasteiger partial charge in [0.15, 0.2) is 5.13 Å². The van der Waals surface area contributed by atoms with Gasteiger partial charge in [-0.05, 0) is 19.1 Å². The molecular weight excluding hydrogens is 292 g/mol. The molecule has 1 aromatic heterocycles. The van der Waals surface area contributed by atoms with E-state index in [1.54, 1.807) is 31.2 Å². The van der Waals surface area contributed by atoms with E-state index in [9.17, 15) is 9.59 Å². The third-order valence-corrected chi connectivity index (χ3v) is 3.66. The average Bonchev–Trinajstić information content (AvgIpc) is 2.79. The predicted octanol–water partition coefficient (Wildman–Crippen LogP) is 2.78. The van der Waals surface area contributed by atoms with Crippen molar-refractivity contribution in [2.24, 2.45) is 0 Å². The van der Waals surface area contributed by atoms with Gasteiger partial charge < -0.3 is 9.47 Å². The number of amides is 1. The molecular formula is C14H14N2O4S. The molecule has 1 aromatic carbocycles. The summed E-state index contributed by atoms with van der Waals surface area (Å²) >= 11 is 1.22. The minimum absolute atomic E-state index is 0.134. The number of para-hydroxylation sites is 1. The summed E-state index contributed by atoms with van der Waals surface area (Å²) in [5, 5.41) is 2.92. The summed E-state index contributed by atoms with van der Waals surface area (Å²) < 4.78 is 9.70. The second-order valence-electron chi connectivity index (χ2n) is 4.11. The van der Waals surface area contributed by atoms with E-state index in [0.29, 0.717) is 16.6 Å². The maximum Gasteiger partial charge on any atom is 0.418 e. The van der Waals surface area contributed by atoms with Crippen molar-refractivity contribution in [3.05, 3.63) is 40.9 Å². The fraction of sp³-hybridized carbons (Fsp3) is 0.214. The number of carbonyl (C=O) groups is 2. The van der Waals surface area contributed by atoms with Crippen molar-refractivity contribution in [3.8, 4) is 5.75 Å². The predicted molar refractivity (Wildman–Crippen MR) is 78.7 cm³/mol. The van der Waals surface area contributed by atoms with Crippen molar-refractivity contribution in [3.63, 3.8) is 0 Å². The molecule has 2 rings (SSSR count). The average molecular weight is 306 g/mol. The van der Waals surface area contributed by atoms with Crippen LogP contribution in [0.2, 0.25) is 0 Å². The van der Waals surface area contributed by atoms with Crippen LogP contribution in [0, 0.1) is 6.92 Å². The highest BCUT2D eigenvalue weighted by molar-refractivity contribution is 7.16. The zero-order valence-electron chi connectivity index (χ0n) is 11.6. The second-order valence-corrected chi connectivity index (χ2v) is 5.19. The molecule has 6 nitrogen and oxygen atoms in total. The summed E-state index contributed by atoms with van der Waals surface area (Å²) in [7, 11) is 1.33. The van der Waals surface area contributed by atoms with Crippen molar-refractivity contribution in [2.45, 2.75) is 13.3 Å². The fourth-order valence-corrected chi connectivity index (χ4v) is 2.49. The Hall–Kier alpha value is -2.41. The number of hydrogen-bond donors (Lipinski definition) is 1. The Morgan fingerprint density at radius 2 is 2.00 bits per heavy atom. The number of anilines is 1. The summed E-state index contributed by atoms with van der Waals surface area (Å²) in [4.78, 5) is 27.9. The summed E-state index contributed by atoms with van der Waals surface area (Å²) in [6, 6.07) is 8.72. The zero-order valence-corrected chi connectivity index (χ0v) is 12.4. The van der Waals surface area contributed by atoms with Gasteiger partial charge in [-0.15, -0.1) is 11.3 Å². The number of methoxy groups -OCH3 is 1. The van der Waals surface area contributed by atoms with Gasteiger partial charge in [0.1, 0.15) is 5.75 Å². The lowest BCUT2D eigenvalue weighted by atomic mass is 10.3. The van der Waals surface area contributed by atoms with Gasteiger partial charge in [0.25, 0.3) is 0 Å². The fourth-order valence-electron chi connectivity index (χ4n) is 1.56. The lowest BCUT2D eigenvalue weighted by Gasteiger charge is -2.03. The molecule has 0 spiro atoms.